The lowest BCUT2D eigenvalue weighted by Gasteiger charge is -2.16. The van der Waals surface area contributed by atoms with Gasteiger partial charge in [0, 0.05) is 27.2 Å². The zero-order chi connectivity index (χ0) is 30.9. The third-order valence-electron chi connectivity index (χ3n) is 6.55. The second-order valence-electron chi connectivity index (χ2n) is 9.76. The molecule has 0 aliphatic heterocycles. The van der Waals surface area contributed by atoms with Gasteiger partial charge >= 0.3 is 0 Å². The van der Waals surface area contributed by atoms with Gasteiger partial charge in [-0.3, -0.25) is 14.4 Å². The van der Waals surface area contributed by atoms with Gasteiger partial charge in [-0.25, -0.2) is 0 Å². The number of carbonyl (C=O) groups excluding carboxylic acids is 3. The topological polar surface area (TPSA) is 96.5 Å². The number of ether oxygens (including phenoxy) is 1. The summed E-state index contributed by atoms with van der Waals surface area (Å²) in [5, 5.41) is 8.67. The average molecular weight is 614 g/mol. The number of anilines is 2. The zero-order valence-corrected chi connectivity index (χ0v) is 25.8. The highest BCUT2D eigenvalue weighted by molar-refractivity contribution is 8.00. The highest BCUT2D eigenvalue weighted by Crippen LogP contribution is 2.32. The molecule has 0 radical (unpaired) electrons. The van der Waals surface area contributed by atoms with Crippen molar-refractivity contribution in [2.24, 2.45) is 0 Å². The van der Waals surface area contributed by atoms with Crippen molar-refractivity contribution < 1.29 is 19.1 Å². The van der Waals surface area contributed by atoms with Gasteiger partial charge in [0.1, 0.15) is 11.4 Å². The molecule has 0 fully saturated rings. The van der Waals surface area contributed by atoms with Crippen molar-refractivity contribution in [3.05, 3.63) is 124 Å². The summed E-state index contributed by atoms with van der Waals surface area (Å²) in [5.41, 5.74) is 4.24. The Kier molecular flexibility index (Phi) is 10.6. The van der Waals surface area contributed by atoms with E-state index in [0.29, 0.717) is 27.7 Å². The molecule has 1 unspecified atom stereocenters. The van der Waals surface area contributed by atoms with Crippen LogP contribution in [0.25, 0.3) is 6.08 Å². The summed E-state index contributed by atoms with van der Waals surface area (Å²) in [6.45, 7) is 5.60. The van der Waals surface area contributed by atoms with E-state index in [2.05, 4.69) is 16.0 Å². The van der Waals surface area contributed by atoms with Crippen molar-refractivity contribution in [3.63, 3.8) is 0 Å². The lowest BCUT2D eigenvalue weighted by molar-refractivity contribution is -0.115. The van der Waals surface area contributed by atoms with E-state index in [1.807, 2.05) is 63.2 Å². The fourth-order valence-electron chi connectivity index (χ4n) is 4.08. The predicted molar refractivity (Wildman–Crippen MR) is 175 cm³/mol. The van der Waals surface area contributed by atoms with Crippen LogP contribution < -0.4 is 20.7 Å². The van der Waals surface area contributed by atoms with E-state index in [1.54, 1.807) is 54.6 Å². The number of thioether (sulfide) groups is 1. The number of hydrogen-bond donors (Lipinski definition) is 3. The minimum absolute atomic E-state index is 0.111. The molecule has 3 amide bonds. The fraction of sp³-hybridized carbons (Fsp3) is 0.147. The molecule has 0 aliphatic rings. The average Bonchev–Trinajstić information content (AvgIpc) is 3.00. The molecule has 0 saturated heterocycles. The van der Waals surface area contributed by atoms with Crippen LogP contribution in [0.2, 0.25) is 5.02 Å². The molecule has 7 nitrogen and oxygen atoms in total. The number of carbonyl (C=O) groups is 3. The van der Waals surface area contributed by atoms with E-state index in [0.717, 1.165) is 21.6 Å². The molecule has 0 bridgehead atoms. The second kappa shape index (κ2) is 14.6. The maximum absolute atomic E-state index is 13.3. The summed E-state index contributed by atoms with van der Waals surface area (Å²) in [7, 11) is 1.52. The van der Waals surface area contributed by atoms with Crippen molar-refractivity contribution in [1.29, 1.82) is 0 Å². The molecular formula is C34H32ClN3O4S. The van der Waals surface area contributed by atoms with Crippen molar-refractivity contribution in [2.75, 3.05) is 17.7 Å². The lowest BCUT2D eigenvalue weighted by Crippen LogP contribution is -2.30. The molecule has 0 aromatic heterocycles. The Hall–Kier alpha value is -4.53. The number of hydrogen-bond acceptors (Lipinski definition) is 5. The SMILES string of the molecule is COc1cc(Cl)c(C)cc1NC(=O)C(C)Sc1ccc(NC(=O)/C(=C/c2ccccc2C)NC(=O)c2ccccc2)cc1. The maximum Gasteiger partial charge on any atom is 0.272 e. The fourth-order valence-corrected chi connectivity index (χ4v) is 5.10. The Morgan fingerprint density at radius 2 is 1.53 bits per heavy atom. The van der Waals surface area contributed by atoms with E-state index in [4.69, 9.17) is 16.3 Å². The van der Waals surface area contributed by atoms with Gasteiger partial charge in [0.15, 0.2) is 0 Å². The molecule has 1 atom stereocenters. The quantitative estimate of drug-likeness (QED) is 0.127. The van der Waals surface area contributed by atoms with Gasteiger partial charge in [-0.15, -0.1) is 11.8 Å². The molecule has 0 aliphatic carbocycles. The number of benzene rings is 4. The highest BCUT2D eigenvalue weighted by Gasteiger charge is 2.19. The normalized spacial score (nSPS) is 11.8. The summed E-state index contributed by atoms with van der Waals surface area (Å²) in [6.07, 6.45) is 1.66. The van der Waals surface area contributed by atoms with E-state index < -0.39 is 11.2 Å². The van der Waals surface area contributed by atoms with Crippen LogP contribution in [-0.2, 0) is 9.59 Å². The van der Waals surface area contributed by atoms with Gasteiger partial charge in [0.2, 0.25) is 5.91 Å². The second-order valence-corrected chi connectivity index (χ2v) is 11.6. The predicted octanol–water partition coefficient (Wildman–Crippen LogP) is 7.49. The summed E-state index contributed by atoms with van der Waals surface area (Å²) in [6, 6.07) is 26.9. The molecule has 4 rings (SSSR count). The monoisotopic (exact) mass is 613 g/mol. The molecule has 0 spiro atoms. The van der Waals surface area contributed by atoms with E-state index in [-0.39, 0.29) is 17.5 Å². The van der Waals surface area contributed by atoms with Gasteiger partial charge in [-0.05, 0) is 86.0 Å². The number of aryl methyl sites for hydroxylation is 2. The van der Waals surface area contributed by atoms with Crippen LogP contribution in [0.4, 0.5) is 11.4 Å². The van der Waals surface area contributed by atoms with Gasteiger partial charge in [0.25, 0.3) is 11.8 Å². The van der Waals surface area contributed by atoms with Gasteiger partial charge in [0.05, 0.1) is 18.0 Å². The number of methoxy groups -OCH3 is 1. The van der Waals surface area contributed by atoms with Crippen LogP contribution in [0.5, 0.6) is 5.75 Å². The highest BCUT2D eigenvalue weighted by atomic mass is 35.5. The Bertz CT molecular complexity index is 1660. The number of nitrogens with one attached hydrogen (secondary N) is 3. The first kappa shape index (κ1) is 31.4. The Morgan fingerprint density at radius 1 is 0.860 bits per heavy atom. The van der Waals surface area contributed by atoms with Crippen molar-refractivity contribution >= 4 is 58.5 Å². The van der Waals surface area contributed by atoms with Crippen LogP contribution in [0.3, 0.4) is 0 Å². The van der Waals surface area contributed by atoms with Gasteiger partial charge in [-0.2, -0.15) is 0 Å². The summed E-state index contributed by atoms with van der Waals surface area (Å²) < 4.78 is 5.36. The van der Waals surface area contributed by atoms with Crippen LogP contribution >= 0.6 is 23.4 Å². The third-order valence-corrected chi connectivity index (χ3v) is 8.07. The molecule has 4 aromatic carbocycles. The molecular weight excluding hydrogens is 582 g/mol. The Labute approximate surface area is 260 Å². The Balaban J connectivity index is 1.44. The van der Waals surface area contributed by atoms with E-state index in [9.17, 15) is 14.4 Å². The summed E-state index contributed by atoms with van der Waals surface area (Å²) in [4.78, 5) is 40.0. The van der Waals surface area contributed by atoms with Crippen LogP contribution in [-0.4, -0.2) is 30.1 Å². The minimum Gasteiger partial charge on any atom is -0.495 e. The summed E-state index contributed by atoms with van der Waals surface area (Å²) >= 11 is 7.55. The minimum atomic E-state index is -0.465. The van der Waals surface area contributed by atoms with Crippen LogP contribution in [0.1, 0.15) is 34.0 Å². The maximum atomic E-state index is 13.3. The lowest BCUT2D eigenvalue weighted by atomic mass is 10.1. The number of halogens is 1. The molecule has 4 aromatic rings. The third kappa shape index (κ3) is 8.50. The molecule has 43 heavy (non-hydrogen) atoms. The van der Waals surface area contributed by atoms with Gasteiger partial charge in [-0.1, -0.05) is 54.1 Å². The van der Waals surface area contributed by atoms with Crippen LogP contribution in [0.15, 0.2) is 102 Å². The molecule has 220 valence electrons. The number of amides is 3. The van der Waals surface area contributed by atoms with E-state index >= 15 is 0 Å². The van der Waals surface area contributed by atoms with E-state index in [1.165, 1.54) is 18.9 Å². The summed E-state index contributed by atoms with van der Waals surface area (Å²) in [5.74, 6) is -0.562. The van der Waals surface area contributed by atoms with Crippen molar-refractivity contribution in [3.8, 4) is 5.75 Å². The smallest absolute Gasteiger partial charge is 0.272 e. The first-order valence-corrected chi connectivity index (χ1v) is 14.8. The Morgan fingerprint density at radius 3 is 2.21 bits per heavy atom. The largest absolute Gasteiger partial charge is 0.495 e. The number of rotatable bonds is 10. The molecule has 3 N–H and O–H groups in total. The zero-order valence-electron chi connectivity index (χ0n) is 24.2. The first-order chi connectivity index (χ1) is 20.6. The molecule has 0 heterocycles. The van der Waals surface area contributed by atoms with Crippen molar-refractivity contribution in [2.45, 2.75) is 30.9 Å². The molecule has 0 saturated carbocycles. The van der Waals surface area contributed by atoms with Gasteiger partial charge < -0.3 is 20.7 Å². The standard InChI is InChI=1S/C34H32ClN3O4S/c1-21-10-8-9-13-25(21)19-30(38-33(40)24-11-6-5-7-12-24)34(41)36-26-14-16-27(17-15-26)43-23(3)32(39)37-29-18-22(2)28(35)20-31(29)42-4/h5-20,23H,1-4H3,(H,36,41)(H,37,39)(H,38,40)/b30-19-. The molecule has 9 heteroatoms. The van der Waals surface area contributed by atoms with Crippen molar-refractivity contribution in [1.82, 2.24) is 5.32 Å². The van der Waals surface area contributed by atoms with Crippen LogP contribution in [0, 0.1) is 13.8 Å². The first-order valence-electron chi connectivity index (χ1n) is 13.5.